The number of ether oxygens (including phenoxy) is 1. The average Bonchev–Trinajstić information content (AvgIpc) is 2.38. The van der Waals surface area contributed by atoms with Gasteiger partial charge in [0, 0.05) is 5.56 Å². The maximum absolute atomic E-state index is 13.5. The molecule has 7 heteroatoms. The van der Waals surface area contributed by atoms with Crippen molar-refractivity contribution in [1.29, 1.82) is 0 Å². The Bertz CT molecular complexity index is 467. The van der Waals surface area contributed by atoms with Gasteiger partial charge in [-0.1, -0.05) is 12.1 Å². The molecule has 2 N–H and O–H groups in total. The van der Waals surface area contributed by atoms with Gasteiger partial charge in [0.1, 0.15) is 6.10 Å². The summed E-state index contributed by atoms with van der Waals surface area (Å²) in [5.74, 6) is -3.38. The summed E-state index contributed by atoms with van der Waals surface area (Å²) in [5.41, 5.74) is -0.438. The van der Waals surface area contributed by atoms with E-state index in [0.717, 1.165) is 12.1 Å². The van der Waals surface area contributed by atoms with Crippen LogP contribution in [0, 0.1) is 11.6 Å². The number of hydrogen-bond acceptors (Lipinski definition) is 4. The molecule has 0 heterocycles. The van der Waals surface area contributed by atoms with E-state index < -0.39 is 35.3 Å². The van der Waals surface area contributed by atoms with Crippen molar-refractivity contribution in [1.82, 2.24) is 5.32 Å². The van der Waals surface area contributed by atoms with Crippen molar-refractivity contribution in [3.63, 3.8) is 0 Å². The van der Waals surface area contributed by atoms with Crippen LogP contribution < -0.4 is 5.32 Å². The van der Waals surface area contributed by atoms with Gasteiger partial charge < -0.3 is 15.2 Å². The number of carbonyl (C=O) groups excluding carboxylic acids is 2. The fourth-order valence-corrected chi connectivity index (χ4v) is 1.52. The van der Waals surface area contributed by atoms with Gasteiger partial charge >= 0.3 is 5.97 Å². The van der Waals surface area contributed by atoms with Crippen LogP contribution in [-0.4, -0.2) is 30.1 Å². The number of aliphatic hydroxyl groups is 1. The molecule has 1 aromatic rings. The first-order valence-corrected chi connectivity index (χ1v) is 5.51. The second-order valence-corrected chi connectivity index (χ2v) is 3.60. The van der Waals surface area contributed by atoms with E-state index in [0.29, 0.717) is 0 Å². The maximum Gasteiger partial charge on any atom is 0.331 e. The van der Waals surface area contributed by atoms with Gasteiger partial charge in [-0.2, -0.15) is 0 Å². The van der Waals surface area contributed by atoms with E-state index in [1.807, 2.05) is 5.32 Å². The Kier molecular flexibility index (Phi) is 5.37. The Morgan fingerprint density at radius 3 is 2.79 bits per heavy atom. The zero-order valence-electron chi connectivity index (χ0n) is 10.1. The zero-order chi connectivity index (χ0) is 14.4. The van der Waals surface area contributed by atoms with Gasteiger partial charge in [0.05, 0.1) is 6.61 Å². The molecular weight excluding hydrogens is 260 g/mol. The Morgan fingerprint density at radius 2 is 2.21 bits per heavy atom. The molecule has 0 fully saturated rings. The lowest BCUT2D eigenvalue weighted by atomic mass is 10.0. The topological polar surface area (TPSA) is 75.6 Å². The van der Waals surface area contributed by atoms with Crippen LogP contribution in [0.25, 0.3) is 0 Å². The minimum Gasteiger partial charge on any atom is -0.464 e. The SMILES string of the molecule is CCOC(=O)C(NC=O)C(O)c1cccc(F)c1F. The molecule has 0 aliphatic rings. The predicted octanol–water partition coefficient (Wildman–Crippen LogP) is 0.676. The summed E-state index contributed by atoms with van der Waals surface area (Å²) in [7, 11) is 0. The fraction of sp³-hybridized carbons (Fsp3) is 0.333. The molecule has 0 radical (unpaired) electrons. The number of amides is 1. The fourth-order valence-electron chi connectivity index (χ4n) is 1.52. The number of aliphatic hydroxyl groups excluding tert-OH is 1. The van der Waals surface area contributed by atoms with E-state index in [2.05, 4.69) is 4.74 Å². The minimum atomic E-state index is -1.75. The smallest absolute Gasteiger partial charge is 0.331 e. The third kappa shape index (κ3) is 3.47. The van der Waals surface area contributed by atoms with E-state index in [4.69, 9.17) is 0 Å². The average molecular weight is 273 g/mol. The maximum atomic E-state index is 13.5. The summed E-state index contributed by atoms with van der Waals surface area (Å²) >= 11 is 0. The normalized spacial score (nSPS) is 13.5. The molecule has 19 heavy (non-hydrogen) atoms. The third-order valence-corrected chi connectivity index (χ3v) is 2.40. The molecule has 0 aromatic heterocycles. The molecule has 104 valence electrons. The van der Waals surface area contributed by atoms with E-state index in [1.54, 1.807) is 0 Å². The first-order valence-electron chi connectivity index (χ1n) is 5.51. The van der Waals surface area contributed by atoms with Gasteiger partial charge in [-0.25, -0.2) is 13.6 Å². The number of rotatable bonds is 6. The van der Waals surface area contributed by atoms with E-state index in [9.17, 15) is 23.5 Å². The quantitative estimate of drug-likeness (QED) is 0.590. The van der Waals surface area contributed by atoms with Crippen LogP contribution in [0.5, 0.6) is 0 Å². The number of carbonyl (C=O) groups is 2. The zero-order valence-corrected chi connectivity index (χ0v) is 10.1. The van der Waals surface area contributed by atoms with Crippen molar-refractivity contribution in [2.45, 2.75) is 19.1 Å². The Morgan fingerprint density at radius 1 is 1.53 bits per heavy atom. The van der Waals surface area contributed by atoms with Gasteiger partial charge in [-0.3, -0.25) is 4.79 Å². The highest BCUT2D eigenvalue weighted by Crippen LogP contribution is 2.22. The molecule has 0 bridgehead atoms. The lowest BCUT2D eigenvalue weighted by Gasteiger charge is -2.21. The highest BCUT2D eigenvalue weighted by molar-refractivity contribution is 5.79. The van der Waals surface area contributed by atoms with E-state index >= 15 is 0 Å². The number of benzene rings is 1. The summed E-state index contributed by atoms with van der Waals surface area (Å²) in [6, 6.07) is 1.66. The van der Waals surface area contributed by atoms with Crippen LogP contribution in [0.2, 0.25) is 0 Å². The van der Waals surface area contributed by atoms with E-state index in [1.165, 1.54) is 13.0 Å². The summed E-state index contributed by atoms with van der Waals surface area (Å²) < 4.78 is 31.2. The van der Waals surface area contributed by atoms with Crippen LogP contribution >= 0.6 is 0 Å². The first kappa shape index (κ1) is 15.0. The molecule has 0 aliphatic carbocycles. The van der Waals surface area contributed by atoms with Gasteiger partial charge in [-0.05, 0) is 13.0 Å². The van der Waals surface area contributed by atoms with Crippen molar-refractivity contribution < 1.29 is 28.2 Å². The number of esters is 1. The second-order valence-electron chi connectivity index (χ2n) is 3.60. The second kappa shape index (κ2) is 6.79. The minimum absolute atomic E-state index is 0.0220. The van der Waals surface area contributed by atoms with Gasteiger partial charge in [0.15, 0.2) is 17.7 Å². The molecule has 2 atom stereocenters. The summed E-state index contributed by atoms with van der Waals surface area (Å²) in [6.45, 7) is 1.55. The number of nitrogens with one attached hydrogen (secondary N) is 1. The number of halogens is 2. The van der Waals surface area contributed by atoms with Crippen LogP contribution in [-0.2, 0) is 14.3 Å². The molecule has 0 saturated carbocycles. The molecule has 5 nitrogen and oxygen atoms in total. The van der Waals surface area contributed by atoms with Gasteiger partial charge in [-0.15, -0.1) is 0 Å². The molecular formula is C12H13F2NO4. The van der Waals surface area contributed by atoms with Crippen LogP contribution in [0.15, 0.2) is 18.2 Å². The van der Waals surface area contributed by atoms with E-state index in [-0.39, 0.29) is 13.0 Å². The predicted molar refractivity (Wildman–Crippen MR) is 60.9 cm³/mol. The lowest BCUT2D eigenvalue weighted by molar-refractivity contribution is -0.149. The van der Waals surface area contributed by atoms with Crippen molar-refractivity contribution in [3.05, 3.63) is 35.4 Å². The highest BCUT2D eigenvalue weighted by atomic mass is 19.2. The van der Waals surface area contributed by atoms with Crippen molar-refractivity contribution >= 4 is 12.4 Å². The van der Waals surface area contributed by atoms with Gasteiger partial charge in [0.2, 0.25) is 6.41 Å². The van der Waals surface area contributed by atoms with Crippen LogP contribution in [0.1, 0.15) is 18.6 Å². The summed E-state index contributed by atoms with van der Waals surface area (Å²) in [6.07, 6.45) is -1.58. The molecule has 0 saturated heterocycles. The van der Waals surface area contributed by atoms with Crippen LogP contribution in [0.3, 0.4) is 0 Å². The van der Waals surface area contributed by atoms with Crippen LogP contribution in [0.4, 0.5) is 8.78 Å². The summed E-state index contributed by atoms with van der Waals surface area (Å²) in [5, 5.41) is 11.9. The van der Waals surface area contributed by atoms with Crippen molar-refractivity contribution in [2.75, 3.05) is 6.61 Å². The molecule has 2 unspecified atom stereocenters. The largest absolute Gasteiger partial charge is 0.464 e. The highest BCUT2D eigenvalue weighted by Gasteiger charge is 2.31. The Balaban J connectivity index is 3.05. The standard InChI is InChI=1S/C12H13F2NO4/c1-2-19-12(18)10(15-6-16)11(17)7-4-3-5-8(13)9(7)14/h3-6,10-11,17H,2H2,1H3,(H,15,16). The van der Waals surface area contributed by atoms with Crippen molar-refractivity contribution in [3.8, 4) is 0 Å². The first-order chi connectivity index (χ1) is 9.02. The summed E-state index contributed by atoms with van der Waals surface area (Å²) in [4.78, 5) is 21.9. The monoisotopic (exact) mass is 273 g/mol. The molecule has 0 aliphatic heterocycles. The molecule has 1 aromatic carbocycles. The van der Waals surface area contributed by atoms with Gasteiger partial charge in [0.25, 0.3) is 0 Å². The molecule has 1 rings (SSSR count). The van der Waals surface area contributed by atoms with Crippen molar-refractivity contribution in [2.24, 2.45) is 0 Å². The number of hydrogen-bond donors (Lipinski definition) is 2. The Labute approximate surface area is 108 Å². The Hall–Kier alpha value is -2.02. The third-order valence-electron chi connectivity index (χ3n) is 2.40. The lowest BCUT2D eigenvalue weighted by Crippen LogP contribution is -2.42. The molecule has 0 spiro atoms. The molecule has 1 amide bonds.